The molecule has 0 unspecified atom stereocenters. The lowest BCUT2D eigenvalue weighted by atomic mass is 10.2. The highest BCUT2D eigenvalue weighted by atomic mass is 16.2. The second kappa shape index (κ2) is 4.60. The second-order valence-corrected chi connectivity index (χ2v) is 5.18. The monoisotopic (exact) mass is 260 g/mol. The van der Waals surface area contributed by atoms with Gasteiger partial charge in [0.05, 0.1) is 5.56 Å². The number of likely N-dealkylation sites (N-methyl/N-ethyl adjacent to an activating group) is 1. The molecule has 2 heterocycles. The molecule has 100 valence electrons. The molecule has 0 radical (unpaired) electrons. The topological polar surface area (TPSA) is 75.2 Å². The van der Waals surface area contributed by atoms with Crippen molar-refractivity contribution in [1.29, 1.82) is 0 Å². The van der Waals surface area contributed by atoms with Crippen LogP contribution >= 0.6 is 0 Å². The third kappa shape index (κ3) is 2.43. The van der Waals surface area contributed by atoms with Gasteiger partial charge in [-0.1, -0.05) is 0 Å². The molecule has 2 amide bonds. The molecule has 6 nitrogen and oxygen atoms in total. The maximum atomic E-state index is 12.0. The molecular formula is C13H16N4O2. The Kier molecular flexibility index (Phi) is 2.93. The summed E-state index contributed by atoms with van der Waals surface area (Å²) in [5.41, 5.74) is 0.409. The quantitative estimate of drug-likeness (QED) is 0.849. The van der Waals surface area contributed by atoms with Crippen LogP contribution in [0.15, 0.2) is 12.4 Å². The van der Waals surface area contributed by atoms with E-state index in [4.69, 9.17) is 0 Å². The molecule has 6 heteroatoms. The van der Waals surface area contributed by atoms with E-state index in [0.717, 1.165) is 18.7 Å². The van der Waals surface area contributed by atoms with E-state index in [2.05, 4.69) is 15.3 Å². The third-order valence-corrected chi connectivity index (χ3v) is 3.61. The number of carbonyl (C=O) groups is 2. The largest absolute Gasteiger partial charge is 0.344 e. The standard InChI is InChI=1S/C13H16N4O2/c1-17-5-4-10(13(17)19)16-12(18)9-6-14-11(15-7-9)8-2-3-8/h6-8,10H,2-5H2,1H3,(H,16,18)/t10-/m1/s1. The summed E-state index contributed by atoms with van der Waals surface area (Å²) in [6.45, 7) is 0.681. The fourth-order valence-corrected chi connectivity index (χ4v) is 2.21. The zero-order valence-corrected chi connectivity index (χ0v) is 10.8. The molecule has 0 spiro atoms. The molecule has 0 aromatic carbocycles. The zero-order chi connectivity index (χ0) is 13.4. The summed E-state index contributed by atoms with van der Waals surface area (Å²) in [6, 6.07) is -0.416. The number of nitrogens with zero attached hydrogens (tertiary/aromatic N) is 3. The van der Waals surface area contributed by atoms with Crippen LogP contribution < -0.4 is 5.32 Å². The first-order chi connectivity index (χ1) is 9.15. The minimum absolute atomic E-state index is 0.0381. The Morgan fingerprint density at radius 3 is 2.53 bits per heavy atom. The van der Waals surface area contributed by atoms with Crippen molar-refractivity contribution >= 4 is 11.8 Å². The van der Waals surface area contributed by atoms with E-state index in [-0.39, 0.29) is 11.8 Å². The molecule has 1 N–H and O–H groups in total. The highest BCUT2D eigenvalue weighted by Gasteiger charge is 2.31. The number of rotatable bonds is 3. The van der Waals surface area contributed by atoms with Crippen LogP contribution in [0.1, 0.15) is 41.4 Å². The van der Waals surface area contributed by atoms with Gasteiger partial charge in [-0.05, 0) is 19.3 Å². The SMILES string of the molecule is CN1CC[C@@H](NC(=O)c2cnc(C3CC3)nc2)C1=O. The van der Waals surface area contributed by atoms with Crippen molar-refractivity contribution < 1.29 is 9.59 Å². The van der Waals surface area contributed by atoms with E-state index in [0.29, 0.717) is 24.4 Å². The predicted octanol–water partition coefficient (Wildman–Crippen LogP) is 0.314. The predicted molar refractivity (Wildman–Crippen MR) is 67.5 cm³/mol. The Morgan fingerprint density at radius 2 is 2.00 bits per heavy atom. The number of hydrogen-bond acceptors (Lipinski definition) is 4. The van der Waals surface area contributed by atoms with Gasteiger partial charge in [0, 0.05) is 31.9 Å². The molecule has 1 aliphatic heterocycles. The summed E-state index contributed by atoms with van der Waals surface area (Å²) in [7, 11) is 1.74. The number of likely N-dealkylation sites (tertiary alicyclic amines) is 1. The van der Waals surface area contributed by atoms with E-state index in [1.807, 2.05) is 0 Å². The van der Waals surface area contributed by atoms with Gasteiger partial charge in [0.1, 0.15) is 11.9 Å². The summed E-state index contributed by atoms with van der Waals surface area (Å²) in [6.07, 6.45) is 6.00. The highest BCUT2D eigenvalue weighted by Crippen LogP contribution is 2.37. The fraction of sp³-hybridized carbons (Fsp3) is 0.538. The molecule has 0 bridgehead atoms. The molecule has 1 atom stereocenters. The van der Waals surface area contributed by atoms with Crippen molar-refractivity contribution in [2.75, 3.05) is 13.6 Å². The Morgan fingerprint density at radius 1 is 1.32 bits per heavy atom. The van der Waals surface area contributed by atoms with Gasteiger partial charge >= 0.3 is 0 Å². The lowest BCUT2D eigenvalue weighted by molar-refractivity contribution is -0.128. The van der Waals surface area contributed by atoms with Crippen LogP contribution in [-0.4, -0.2) is 46.3 Å². The van der Waals surface area contributed by atoms with Crippen LogP contribution in [0.5, 0.6) is 0 Å². The van der Waals surface area contributed by atoms with Crippen LogP contribution in [0, 0.1) is 0 Å². The lowest BCUT2D eigenvalue weighted by Gasteiger charge is -2.12. The average molecular weight is 260 g/mol. The lowest BCUT2D eigenvalue weighted by Crippen LogP contribution is -2.40. The van der Waals surface area contributed by atoms with Crippen molar-refractivity contribution in [2.45, 2.75) is 31.2 Å². The van der Waals surface area contributed by atoms with Crippen molar-refractivity contribution in [3.63, 3.8) is 0 Å². The van der Waals surface area contributed by atoms with Gasteiger partial charge in [-0.15, -0.1) is 0 Å². The van der Waals surface area contributed by atoms with E-state index in [9.17, 15) is 9.59 Å². The van der Waals surface area contributed by atoms with E-state index < -0.39 is 6.04 Å². The highest BCUT2D eigenvalue weighted by molar-refractivity contribution is 5.97. The molecule has 3 rings (SSSR count). The van der Waals surface area contributed by atoms with Gasteiger partial charge in [-0.3, -0.25) is 9.59 Å². The number of amides is 2. The summed E-state index contributed by atoms with van der Waals surface area (Å²) in [5.74, 6) is 0.968. The smallest absolute Gasteiger partial charge is 0.255 e. The maximum absolute atomic E-state index is 12.0. The maximum Gasteiger partial charge on any atom is 0.255 e. The van der Waals surface area contributed by atoms with Gasteiger partial charge in [0.15, 0.2) is 0 Å². The van der Waals surface area contributed by atoms with E-state index >= 15 is 0 Å². The van der Waals surface area contributed by atoms with Crippen LogP contribution in [0.25, 0.3) is 0 Å². The average Bonchev–Trinajstić information content (AvgIpc) is 3.22. The minimum Gasteiger partial charge on any atom is -0.344 e. The Balaban J connectivity index is 1.65. The zero-order valence-electron chi connectivity index (χ0n) is 10.8. The first-order valence-corrected chi connectivity index (χ1v) is 6.53. The summed E-state index contributed by atoms with van der Waals surface area (Å²) >= 11 is 0. The van der Waals surface area contributed by atoms with Crippen molar-refractivity contribution in [2.24, 2.45) is 0 Å². The second-order valence-electron chi connectivity index (χ2n) is 5.18. The first kappa shape index (κ1) is 12.1. The van der Waals surface area contributed by atoms with Crippen molar-refractivity contribution in [1.82, 2.24) is 20.2 Å². The number of nitrogens with one attached hydrogen (secondary N) is 1. The van der Waals surface area contributed by atoms with Gasteiger partial charge in [-0.2, -0.15) is 0 Å². The third-order valence-electron chi connectivity index (χ3n) is 3.61. The number of hydrogen-bond donors (Lipinski definition) is 1. The number of aromatic nitrogens is 2. The molecule has 1 aliphatic carbocycles. The van der Waals surface area contributed by atoms with Gasteiger partial charge in [-0.25, -0.2) is 9.97 Å². The van der Waals surface area contributed by atoms with Gasteiger partial charge in [0.2, 0.25) is 5.91 Å². The molecule has 1 aromatic heterocycles. The Labute approximate surface area is 111 Å². The molecule has 1 saturated heterocycles. The first-order valence-electron chi connectivity index (χ1n) is 6.53. The number of carbonyl (C=O) groups excluding carboxylic acids is 2. The summed E-state index contributed by atoms with van der Waals surface area (Å²) < 4.78 is 0. The van der Waals surface area contributed by atoms with Crippen molar-refractivity contribution in [3.05, 3.63) is 23.8 Å². The molecule has 1 saturated carbocycles. The minimum atomic E-state index is -0.416. The van der Waals surface area contributed by atoms with Crippen molar-refractivity contribution in [3.8, 4) is 0 Å². The molecule has 1 aromatic rings. The molecule has 2 fully saturated rings. The van der Waals surface area contributed by atoms with Crippen LogP contribution in [-0.2, 0) is 4.79 Å². The van der Waals surface area contributed by atoms with Gasteiger partial charge in [0.25, 0.3) is 5.91 Å². The Hall–Kier alpha value is -1.98. The Bertz CT molecular complexity index is 510. The molecular weight excluding hydrogens is 244 g/mol. The molecule has 19 heavy (non-hydrogen) atoms. The van der Waals surface area contributed by atoms with E-state index in [1.165, 1.54) is 0 Å². The van der Waals surface area contributed by atoms with E-state index in [1.54, 1.807) is 24.3 Å². The summed E-state index contributed by atoms with van der Waals surface area (Å²) in [5, 5.41) is 2.73. The van der Waals surface area contributed by atoms with Crippen LogP contribution in [0.4, 0.5) is 0 Å². The fourth-order valence-electron chi connectivity index (χ4n) is 2.21. The molecule has 2 aliphatic rings. The van der Waals surface area contributed by atoms with Gasteiger partial charge < -0.3 is 10.2 Å². The van der Waals surface area contributed by atoms with Crippen LogP contribution in [0.2, 0.25) is 0 Å². The summed E-state index contributed by atoms with van der Waals surface area (Å²) in [4.78, 5) is 33.7. The normalized spacial score (nSPS) is 22.7. The van der Waals surface area contributed by atoms with Crippen LogP contribution in [0.3, 0.4) is 0 Å².